The predicted octanol–water partition coefficient (Wildman–Crippen LogP) is 4.03. The molecular formula is C29H21Cl2N9O. The van der Waals surface area contributed by atoms with Gasteiger partial charge in [0.15, 0.2) is 0 Å². The van der Waals surface area contributed by atoms with E-state index in [9.17, 15) is 4.79 Å². The number of tetrazole rings is 1. The molecule has 0 bridgehead atoms. The maximum Gasteiger partial charge on any atom is 0.296 e. The molecule has 0 radical (unpaired) electrons. The smallest absolute Gasteiger partial charge is 0.296 e. The number of amides is 1. The largest absolute Gasteiger partial charge is 0.383 e. The fraction of sp³-hybridized carbons (Fsp3) is 0.103. The Bertz CT molecular complexity index is 1840. The molecule has 3 aromatic carbocycles. The number of aromatic nitrogens is 6. The molecule has 6 rings (SSSR count). The highest BCUT2D eigenvalue weighted by Crippen LogP contribution is 2.31. The summed E-state index contributed by atoms with van der Waals surface area (Å²) in [7, 11) is 0. The first-order valence-corrected chi connectivity index (χ1v) is 13.3. The summed E-state index contributed by atoms with van der Waals surface area (Å²) < 4.78 is 1.45. The van der Waals surface area contributed by atoms with Crippen LogP contribution < -0.4 is 11.1 Å². The van der Waals surface area contributed by atoms with Crippen molar-refractivity contribution in [1.82, 2.24) is 35.5 Å². The van der Waals surface area contributed by atoms with E-state index in [1.165, 1.54) is 11.0 Å². The number of benzene rings is 3. The fourth-order valence-corrected chi connectivity index (χ4v) is 4.99. The average Bonchev–Trinajstić information content (AvgIpc) is 3.73. The summed E-state index contributed by atoms with van der Waals surface area (Å²) in [6.45, 7) is 0.511. The molecule has 4 N–H and O–H groups in total. The van der Waals surface area contributed by atoms with Crippen molar-refractivity contribution < 1.29 is 4.79 Å². The van der Waals surface area contributed by atoms with E-state index in [0.717, 1.165) is 22.3 Å². The van der Waals surface area contributed by atoms with Gasteiger partial charge in [-0.3, -0.25) is 9.79 Å². The fourth-order valence-electron chi connectivity index (χ4n) is 4.57. The van der Waals surface area contributed by atoms with Crippen LogP contribution in [0.25, 0.3) is 16.9 Å². The van der Waals surface area contributed by atoms with Crippen LogP contribution in [0.4, 0.5) is 0 Å². The molecule has 0 unspecified atom stereocenters. The van der Waals surface area contributed by atoms with Crippen LogP contribution in [0.3, 0.4) is 0 Å². The first-order chi connectivity index (χ1) is 19.9. The van der Waals surface area contributed by atoms with Gasteiger partial charge in [-0.2, -0.15) is 4.68 Å². The number of rotatable bonds is 6. The van der Waals surface area contributed by atoms with Crippen LogP contribution in [0, 0.1) is 11.8 Å². The molecular weight excluding hydrogens is 561 g/mol. The molecule has 41 heavy (non-hydrogen) atoms. The quantitative estimate of drug-likeness (QED) is 0.259. The molecule has 5 aromatic rings. The number of H-pyrrole nitrogens is 1. The molecule has 10 nitrogen and oxygen atoms in total. The van der Waals surface area contributed by atoms with E-state index in [4.69, 9.17) is 33.9 Å². The summed E-state index contributed by atoms with van der Waals surface area (Å²) in [5.74, 6) is 6.07. The van der Waals surface area contributed by atoms with E-state index >= 15 is 0 Å². The normalized spacial score (nSPS) is 12.7. The number of fused-ring (bicyclic) bond motifs is 1. The maximum absolute atomic E-state index is 13.1. The van der Waals surface area contributed by atoms with Crippen LogP contribution in [-0.4, -0.2) is 41.9 Å². The van der Waals surface area contributed by atoms with Crippen molar-refractivity contribution in [3.05, 3.63) is 111 Å². The average molecular weight is 582 g/mol. The second kappa shape index (κ2) is 11.3. The van der Waals surface area contributed by atoms with Crippen molar-refractivity contribution in [2.24, 2.45) is 10.7 Å². The second-order valence-corrected chi connectivity index (χ2v) is 10.1. The SMILES string of the molecule is NC1=NCc2cc(-c3nc([C@H](Cc4ccccc4)NC(=O)C#Cc4cc(Cl)ccc4-n4cnnn4)[nH]c3Cl)ccc21. The van der Waals surface area contributed by atoms with Crippen LogP contribution in [0.1, 0.15) is 34.1 Å². The zero-order valence-electron chi connectivity index (χ0n) is 21.3. The summed E-state index contributed by atoms with van der Waals surface area (Å²) in [5, 5.41) is 15.0. The van der Waals surface area contributed by atoms with E-state index in [1.807, 2.05) is 48.5 Å². The zero-order valence-corrected chi connectivity index (χ0v) is 22.9. The highest BCUT2D eigenvalue weighted by molar-refractivity contribution is 6.32. The number of carbonyl (C=O) groups is 1. The zero-order chi connectivity index (χ0) is 28.3. The molecule has 1 aliphatic heterocycles. The van der Waals surface area contributed by atoms with Gasteiger partial charge in [0, 0.05) is 22.1 Å². The van der Waals surface area contributed by atoms with Gasteiger partial charge < -0.3 is 16.0 Å². The van der Waals surface area contributed by atoms with Crippen molar-refractivity contribution in [3.63, 3.8) is 0 Å². The number of nitrogens with zero attached hydrogens (tertiary/aromatic N) is 6. The van der Waals surface area contributed by atoms with E-state index in [1.54, 1.807) is 18.2 Å². The monoisotopic (exact) mass is 581 g/mol. The molecule has 12 heteroatoms. The van der Waals surface area contributed by atoms with Crippen molar-refractivity contribution in [3.8, 4) is 28.8 Å². The maximum atomic E-state index is 13.1. The van der Waals surface area contributed by atoms with Crippen LogP contribution in [0.15, 0.2) is 78.0 Å². The lowest BCUT2D eigenvalue weighted by molar-refractivity contribution is -0.116. The molecule has 1 atom stereocenters. The minimum absolute atomic E-state index is 0.357. The number of nitrogens with two attached hydrogens (primary N) is 1. The van der Waals surface area contributed by atoms with E-state index in [-0.39, 0.29) is 0 Å². The number of hydrogen-bond acceptors (Lipinski definition) is 7. The highest BCUT2D eigenvalue weighted by atomic mass is 35.5. The van der Waals surface area contributed by atoms with Crippen LogP contribution in [0.2, 0.25) is 10.2 Å². The highest BCUT2D eigenvalue weighted by Gasteiger charge is 2.22. The Kier molecular flexibility index (Phi) is 7.20. The van der Waals surface area contributed by atoms with E-state index < -0.39 is 11.9 Å². The van der Waals surface area contributed by atoms with Gasteiger partial charge >= 0.3 is 0 Å². The van der Waals surface area contributed by atoms with Crippen molar-refractivity contribution in [1.29, 1.82) is 0 Å². The number of aliphatic imine (C=N–C) groups is 1. The van der Waals surface area contributed by atoms with Crippen molar-refractivity contribution in [2.45, 2.75) is 19.0 Å². The minimum Gasteiger partial charge on any atom is -0.383 e. The molecule has 3 heterocycles. The minimum atomic E-state index is -0.544. The number of halogens is 2. The third-order valence-corrected chi connectivity index (χ3v) is 7.04. The van der Waals surface area contributed by atoms with E-state index in [2.05, 4.69) is 42.7 Å². The number of hydrogen-bond donors (Lipinski definition) is 3. The third-order valence-electron chi connectivity index (χ3n) is 6.54. The first-order valence-electron chi connectivity index (χ1n) is 12.5. The van der Waals surface area contributed by atoms with Gasteiger partial charge in [-0.25, -0.2) is 4.98 Å². The molecule has 1 amide bonds. The van der Waals surface area contributed by atoms with Gasteiger partial charge in [0.1, 0.15) is 28.8 Å². The summed E-state index contributed by atoms with van der Waals surface area (Å²) in [6.07, 6.45) is 1.89. The lowest BCUT2D eigenvalue weighted by Gasteiger charge is -2.15. The predicted molar refractivity (Wildman–Crippen MR) is 156 cm³/mol. The lowest BCUT2D eigenvalue weighted by atomic mass is 10.0. The Morgan fingerprint density at radius 3 is 2.78 bits per heavy atom. The van der Waals surface area contributed by atoms with Crippen molar-refractivity contribution in [2.75, 3.05) is 0 Å². The number of carbonyl (C=O) groups excluding carboxylic acids is 1. The summed E-state index contributed by atoms with van der Waals surface area (Å²) in [4.78, 5) is 25.4. The molecule has 0 spiro atoms. The molecule has 0 fully saturated rings. The Labute approximate surface area is 244 Å². The Morgan fingerprint density at radius 2 is 1.98 bits per heavy atom. The summed E-state index contributed by atoms with van der Waals surface area (Å²) in [5.41, 5.74) is 11.4. The lowest BCUT2D eigenvalue weighted by Crippen LogP contribution is -2.29. The van der Waals surface area contributed by atoms with Crippen LogP contribution in [-0.2, 0) is 17.8 Å². The molecule has 1 aliphatic rings. The van der Waals surface area contributed by atoms with Gasteiger partial charge in [0.25, 0.3) is 5.91 Å². The number of amidine groups is 1. The number of imidazole rings is 1. The Morgan fingerprint density at radius 1 is 1.12 bits per heavy atom. The number of nitrogens with one attached hydrogen (secondary N) is 2. The van der Waals surface area contributed by atoms with Crippen molar-refractivity contribution >= 4 is 34.9 Å². The Hall–Kier alpha value is -4.98. The van der Waals surface area contributed by atoms with Gasteiger partial charge in [0.05, 0.1) is 23.8 Å². The topological polar surface area (TPSA) is 140 Å². The summed E-state index contributed by atoms with van der Waals surface area (Å²) >= 11 is 12.8. The molecule has 2 aromatic heterocycles. The Balaban J connectivity index is 1.29. The number of aromatic amines is 1. The molecule has 0 aliphatic carbocycles. The molecule has 0 saturated carbocycles. The molecule has 202 valence electrons. The molecule has 0 saturated heterocycles. The third kappa shape index (κ3) is 5.68. The van der Waals surface area contributed by atoms with E-state index in [0.29, 0.717) is 51.7 Å². The van der Waals surface area contributed by atoms with Gasteiger partial charge in [-0.15, -0.1) is 5.10 Å². The van der Waals surface area contributed by atoms with Gasteiger partial charge in [-0.1, -0.05) is 71.6 Å². The van der Waals surface area contributed by atoms with Crippen LogP contribution in [0.5, 0.6) is 0 Å². The van der Waals surface area contributed by atoms with Crippen LogP contribution >= 0.6 is 23.2 Å². The van der Waals surface area contributed by atoms with Gasteiger partial charge in [-0.05, 0) is 52.2 Å². The van der Waals surface area contributed by atoms with Gasteiger partial charge in [0.2, 0.25) is 0 Å². The standard InChI is InChI=1S/C29H21Cl2N9O/c30-21-8-10-24(40-16-34-38-39-40)18(14-21)7-11-25(41)35-23(12-17-4-2-1-3-5-17)29-36-26(27(31)37-29)19-6-9-22-20(13-19)15-33-28(22)32/h1-6,8-10,13-14,16,23H,12,15H2,(H2,32,33)(H,35,41)(H,36,37)/t23-/m0/s1. The first kappa shape index (κ1) is 26.3. The second-order valence-electron chi connectivity index (χ2n) is 9.24. The summed E-state index contributed by atoms with van der Waals surface area (Å²) in [6, 6.07) is 20.1.